The van der Waals surface area contributed by atoms with Gasteiger partial charge < -0.3 is 5.21 Å². The Kier molecular flexibility index (Phi) is 3.52. The van der Waals surface area contributed by atoms with Crippen LogP contribution < -0.4 is 0 Å². The molecule has 4 heteroatoms. The van der Waals surface area contributed by atoms with Gasteiger partial charge in [0.05, 0.1) is 0 Å². The third kappa shape index (κ3) is 1.99. The maximum atomic E-state index is 12.3. The number of hydrogen-bond acceptors (Lipinski definition) is 3. The summed E-state index contributed by atoms with van der Waals surface area (Å²) in [6.45, 7) is 0. The van der Waals surface area contributed by atoms with Gasteiger partial charge in [0.15, 0.2) is 5.78 Å². The fourth-order valence-electron chi connectivity index (χ4n) is 2.61. The summed E-state index contributed by atoms with van der Waals surface area (Å²) in [5.41, 5.74) is -0.257. The molecule has 1 fully saturated rings. The van der Waals surface area contributed by atoms with Crippen molar-refractivity contribution in [2.24, 2.45) is 0 Å². The van der Waals surface area contributed by atoms with Crippen LogP contribution >= 0.6 is 11.6 Å². The van der Waals surface area contributed by atoms with E-state index in [2.05, 4.69) is 0 Å². The summed E-state index contributed by atoms with van der Waals surface area (Å²) in [4.78, 5) is 12.3. The molecule has 3 nitrogen and oxygen atoms in total. The van der Waals surface area contributed by atoms with E-state index in [1.165, 1.54) is 7.05 Å². The van der Waals surface area contributed by atoms with Gasteiger partial charge in [0, 0.05) is 24.1 Å². The summed E-state index contributed by atoms with van der Waals surface area (Å²) in [6, 6.07) is 7.24. The van der Waals surface area contributed by atoms with Crippen molar-refractivity contribution in [3.63, 3.8) is 0 Å². The largest absolute Gasteiger partial charge is 0.313 e. The standard InChI is InChI=1S/C13H16ClNO2/c1-15(17)13(9-5-4-8-12(13)16)10-6-2-3-7-11(10)14/h2-3,6-7,17H,4-5,8-9H2,1H3. The number of benzene rings is 1. The quantitative estimate of drug-likeness (QED) is 0.824. The van der Waals surface area contributed by atoms with E-state index in [-0.39, 0.29) is 5.78 Å². The summed E-state index contributed by atoms with van der Waals surface area (Å²) < 4.78 is 0. The number of carbonyl (C=O) groups excluding carboxylic acids is 1. The van der Waals surface area contributed by atoms with E-state index in [9.17, 15) is 10.0 Å². The van der Waals surface area contributed by atoms with Crippen LogP contribution in [0.2, 0.25) is 5.02 Å². The third-order valence-corrected chi connectivity index (χ3v) is 3.86. The number of rotatable bonds is 2. The number of hydrogen-bond donors (Lipinski definition) is 1. The lowest BCUT2D eigenvalue weighted by Gasteiger charge is -2.40. The van der Waals surface area contributed by atoms with E-state index in [0.29, 0.717) is 23.4 Å². The molecule has 1 N–H and O–H groups in total. The molecule has 2 rings (SSSR count). The Balaban J connectivity index is 2.55. The zero-order valence-electron chi connectivity index (χ0n) is 9.82. The van der Waals surface area contributed by atoms with Crippen LogP contribution in [-0.2, 0) is 10.3 Å². The molecule has 1 aliphatic rings. The fraction of sp³-hybridized carbons (Fsp3) is 0.462. The molecule has 1 saturated carbocycles. The van der Waals surface area contributed by atoms with Gasteiger partial charge in [0.25, 0.3) is 0 Å². The van der Waals surface area contributed by atoms with Gasteiger partial charge >= 0.3 is 0 Å². The molecule has 0 saturated heterocycles. The van der Waals surface area contributed by atoms with Crippen molar-refractivity contribution < 1.29 is 10.0 Å². The van der Waals surface area contributed by atoms with E-state index < -0.39 is 5.54 Å². The fourth-order valence-corrected chi connectivity index (χ4v) is 2.90. The zero-order chi connectivity index (χ0) is 12.5. The van der Waals surface area contributed by atoms with Crippen LogP contribution in [-0.4, -0.2) is 23.1 Å². The van der Waals surface area contributed by atoms with Crippen molar-refractivity contribution in [3.05, 3.63) is 34.9 Å². The summed E-state index contributed by atoms with van der Waals surface area (Å²) >= 11 is 6.17. The van der Waals surface area contributed by atoms with E-state index in [1.54, 1.807) is 6.07 Å². The topological polar surface area (TPSA) is 40.5 Å². The van der Waals surface area contributed by atoms with Crippen molar-refractivity contribution in [3.8, 4) is 0 Å². The van der Waals surface area contributed by atoms with Gasteiger partial charge in [-0.15, -0.1) is 0 Å². The minimum absolute atomic E-state index is 0.0434. The lowest BCUT2D eigenvalue weighted by molar-refractivity contribution is -0.179. The normalized spacial score (nSPS) is 25.3. The van der Waals surface area contributed by atoms with Crippen LogP contribution in [0.5, 0.6) is 0 Å². The smallest absolute Gasteiger partial charge is 0.159 e. The molecule has 1 unspecified atom stereocenters. The number of hydroxylamine groups is 2. The minimum atomic E-state index is -0.962. The van der Waals surface area contributed by atoms with Gasteiger partial charge in [0.2, 0.25) is 0 Å². The number of nitrogens with zero attached hydrogens (tertiary/aromatic N) is 1. The van der Waals surface area contributed by atoms with Crippen LogP contribution in [0.15, 0.2) is 24.3 Å². The second kappa shape index (κ2) is 4.77. The Hall–Kier alpha value is -0.900. The summed E-state index contributed by atoms with van der Waals surface area (Å²) in [7, 11) is 1.52. The molecular formula is C13H16ClNO2. The number of carbonyl (C=O) groups is 1. The van der Waals surface area contributed by atoms with Crippen molar-refractivity contribution >= 4 is 17.4 Å². The minimum Gasteiger partial charge on any atom is -0.313 e. The summed E-state index contributed by atoms with van der Waals surface area (Å²) in [5, 5.41) is 11.5. The zero-order valence-corrected chi connectivity index (χ0v) is 10.6. The SMILES string of the molecule is CN(O)C1(c2ccccc2Cl)CCCCC1=O. The number of Topliss-reactive ketones (excluding diaryl/α,β-unsaturated/α-hetero) is 1. The van der Waals surface area contributed by atoms with E-state index >= 15 is 0 Å². The Morgan fingerprint density at radius 1 is 1.35 bits per heavy atom. The van der Waals surface area contributed by atoms with Crippen molar-refractivity contribution in [1.29, 1.82) is 0 Å². The molecule has 1 aliphatic carbocycles. The number of halogens is 1. The maximum Gasteiger partial charge on any atom is 0.159 e. The first-order valence-corrected chi connectivity index (χ1v) is 6.18. The molecule has 1 aromatic rings. The van der Waals surface area contributed by atoms with E-state index in [0.717, 1.165) is 17.9 Å². The third-order valence-electron chi connectivity index (χ3n) is 3.53. The van der Waals surface area contributed by atoms with Gasteiger partial charge in [-0.3, -0.25) is 4.79 Å². The molecule has 0 aliphatic heterocycles. The molecule has 0 amide bonds. The Morgan fingerprint density at radius 3 is 2.65 bits per heavy atom. The van der Waals surface area contributed by atoms with Gasteiger partial charge in [-0.25, -0.2) is 0 Å². The average Bonchev–Trinajstić information content (AvgIpc) is 2.30. The molecule has 1 aromatic carbocycles. The average molecular weight is 254 g/mol. The van der Waals surface area contributed by atoms with E-state index in [1.807, 2.05) is 18.2 Å². The predicted octanol–water partition coefficient (Wildman–Crippen LogP) is 3.00. The molecule has 0 spiro atoms. The second-order valence-corrected chi connectivity index (χ2v) is 4.90. The molecule has 92 valence electrons. The van der Waals surface area contributed by atoms with Crippen LogP contribution in [0.3, 0.4) is 0 Å². The second-order valence-electron chi connectivity index (χ2n) is 4.49. The number of likely N-dealkylation sites (N-methyl/N-ethyl adjacent to an activating group) is 1. The van der Waals surface area contributed by atoms with Crippen LogP contribution in [0.25, 0.3) is 0 Å². The molecule has 0 heterocycles. The highest BCUT2D eigenvalue weighted by atomic mass is 35.5. The first-order valence-electron chi connectivity index (χ1n) is 5.80. The highest BCUT2D eigenvalue weighted by Gasteiger charge is 2.45. The highest BCUT2D eigenvalue weighted by molar-refractivity contribution is 6.31. The number of ketones is 1. The molecule has 0 bridgehead atoms. The van der Waals surface area contributed by atoms with Gasteiger partial charge in [-0.05, 0) is 18.9 Å². The monoisotopic (exact) mass is 253 g/mol. The maximum absolute atomic E-state index is 12.3. The summed E-state index contributed by atoms with van der Waals surface area (Å²) in [5.74, 6) is 0.0434. The van der Waals surface area contributed by atoms with Gasteiger partial charge in [-0.2, -0.15) is 5.06 Å². The molecule has 1 atom stereocenters. The first-order chi connectivity index (χ1) is 8.09. The van der Waals surface area contributed by atoms with Gasteiger partial charge in [0.1, 0.15) is 5.54 Å². The van der Waals surface area contributed by atoms with Crippen LogP contribution in [0.1, 0.15) is 31.2 Å². The molecule has 17 heavy (non-hydrogen) atoms. The lowest BCUT2D eigenvalue weighted by Crippen LogP contribution is -2.50. The Bertz CT molecular complexity index is 433. The molecule has 0 radical (unpaired) electrons. The van der Waals surface area contributed by atoms with Crippen molar-refractivity contribution in [2.45, 2.75) is 31.2 Å². The Labute approximate surface area is 106 Å². The predicted molar refractivity (Wildman–Crippen MR) is 66.2 cm³/mol. The van der Waals surface area contributed by atoms with Crippen LogP contribution in [0, 0.1) is 0 Å². The summed E-state index contributed by atoms with van der Waals surface area (Å²) in [6.07, 6.45) is 2.92. The van der Waals surface area contributed by atoms with Gasteiger partial charge in [-0.1, -0.05) is 36.2 Å². The Morgan fingerprint density at radius 2 is 2.06 bits per heavy atom. The lowest BCUT2D eigenvalue weighted by atomic mass is 9.75. The van der Waals surface area contributed by atoms with Crippen molar-refractivity contribution in [1.82, 2.24) is 5.06 Å². The van der Waals surface area contributed by atoms with E-state index in [4.69, 9.17) is 11.6 Å². The highest BCUT2D eigenvalue weighted by Crippen LogP contribution is 2.41. The first kappa shape index (κ1) is 12.6. The van der Waals surface area contributed by atoms with Crippen molar-refractivity contribution in [2.75, 3.05) is 7.05 Å². The molecule has 0 aromatic heterocycles. The van der Waals surface area contributed by atoms with Crippen LogP contribution in [0.4, 0.5) is 0 Å². The molecular weight excluding hydrogens is 238 g/mol.